The van der Waals surface area contributed by atoms with E-state index in [0.717, 1.165) is 12.8 Å². The van der Waals surface area contributed by atoms with Gasteiger partial charge in [0.25, 0.3) is 0 Å². The fourth-order valence-corrected chi connectivity index (χ4v) is 3.66. The first-order valence-corrected chi connectivity index (χ1v) is 9.14. The minimum atomic E-state index is -0.430. The molecule has 5 heteroatoms. The van der Waals surface area contributed by atoms with Crippen LogP contribution in [-0.2, 0) is 25.4 Å². The van der Waals surface area contributed by atoms with E-state index in [1.165, 1.54) is 16.3 Å². The molecule has 0 aromatic heterocycles. The number of hydrogen-bond donors (Lipinski definition) is 1. The summed E-state index contributed by atoms with van der Waals surface area (Å²) in [4.78, 5) is 11.8. The highest BCUT2D eigenvalue weighted by atomic mass is 16.6. The molecule has 26 heavy (non-hydrogen) atoms. The summed E-state index contributed by atoms with van der Waals surface area (Å²) in [5.74, 6) is -0.266. The van der Waals surface area contributed by atoms with Gasteiger partial charge in [0.05, 0.1) is 19.3 Å². The van der Waals surface area contributed by atoms with Crippen molar-refractivity contribution in [1.29, 1.82) is 0 Å². The molecule has 0 aliphatic carbocycles. The number of aryl methyl sites for hydroxylation is 1. The Morgan fingerprint density at radius 3 is 2.69 bits per heavy atom. The third kappa shape index (κ3) is 4.23. The van der Waals surface area contributed by atoms with Crippen molar-refractivity contribution >= 4 is 16.7 Å². The number of nitrogens with two attached hydrogens (primary N) is 1. The molecule has 5 nitrogen and oxygen atoms in total. The van der Waals surface area contributed by atoms with Crippen LogP contribution in [0.5, 0.6) is 0 Å². The first-order chi connectivity index (χ1) is 12.6. The third-order valence-electron chi connectivity index (χ3n) is 5.06. The van der Waals surface area contributed by atoms with Crippen molar-refractivity contribution in [2.45, 2.75) is 38.1 Å². The predicted octanol–water partition coefficient (Wildman–Crippen LogP) is 2.69. The first kappa shape index (κ1) is 18.8. The van der Waals surface area contributed by atoms with E-state index in [4.69, 9.17) is 19.9 Å². The molecule has 2 aromatic carbocycles. The Balaban J connectivity index is 1.71. The molecule has 2 N–H and O–H groups in total. The standard InChI is InChI=1S/C21H27NO4/c1-14-13-25-18(21(20(14)24-2)26-19(23)12-22)10-8-15-7-9-16-5-3-4-6-17(16)11-15/h3-7,9,11,14,18,20-21H,8,10,12-13,22H2,1-2H3/t14-,18-,20-,21+/m0/s1. The van der Waals surface area contributed by atoms with Crippen LogP contribution in [0.1, 0.15) is 18.9 Å². The maximum absolute atomic E-state index is 11.8. The topological polar surface area (TPSA) is 70.8 Å². The molecule has 1 saturated heterocycles. The van der Waals surface area contributed by atoms with Crippen LogP contribution in [0.3, 0.4) is 0 Å². The summed E-state index contributed by atoms with van der Waals surface area (Å²) >= 11 is 0. The molecule has 1 heterocycles. The quantitative estimate of drug-likeness (QED) is 0.805. The van der Waals surface area contributed by atoms with Crippen molar-refractivity contribution in [3.8, 4) is 0 Å². The van der Waals surface area contributed by atoms with Crippen molar-refractivity contribution in [2.24, 2.45) is 11.7 Å². The number of fused-ring (bicyclic) bond motifs is 1. The zero-order valence-corrected chi connectivity index (χ0v) is 15.4. The summed E-state index contributed by atoms with van der Waals surface area (Å²) in [5.41, 5.74) is 6.66. The normalized spacial score (nSPS) is 26.0. The lowest BCUT2D eigenvalue weighted by atomic mass is 9.90. The first-order valence-electron chi connectivity index (χ1n) is 9.14. The Hall–Kier alpha value is -1.95. The van der Waals surface area contributed by atoms with Gasteiger partial charge in [-0.05, 0) is 29.2 Å². The maximum atomic E-state index is 11.8. The third-order valence-corrected chi connectivity index (χ3v) is 5.06. The highest BCUT2D eigenvalue weighted by molar-refractivity contribution is 5.82. The van der Waals surface area contributed by atoms with E-state index in [0.29, 0.717) is 6.61 Å². The van der Waals surface area contributed by atoms with Gasteiger partial charge in [0.15, 0.2) is 6.10 Å². The highest BCUT2D eigenvalue weighted by Gasteiger charge is 2.41. The van der Waals surface area contributed by atoms with E-state index in [1.54, 1.807) is 7.11 Å². The Kier molecular flexibility index (Phi) is 6.25. The summed E-state index contributed by atoms with van der Waals surface area (Å²) in [6.07, 6.45) is 0.795. The second kappa shape index (κ2) is 8.62. The van der Waals surface area contributed by atoms with Gasteiger partial charge >= 0.3 is 5.97 Å². The van der Waals surface area contributed by atoms with E-state index in [1.807, 2.05) is 19.1 Å². The predicted molar refractivity (Wildman–Crippen MR) is 101 cm³/mol. The number of methoxy groups -OCH3 is 1. The largest absolute Gasteiger partial charge is 0.456 e. The number of carbonyl (C=O) groups is 1. The summed E-state index contributed by atoms with van der Waals surface area (Å²) < 4.78 is 17.2. The number of ether oxygens (including phenoxy) is 3. The molecule has 1 aliphatic rings. The smallest absolute Gasteiger partial charge is 0.320 e. The number of esters is 1. The van der Waals surface area contributed by atoms with Gasteiger partial charge in [-0.25, -0.2) is 0 Å². The van der Waals surface area contributed by atoms with E-state index in [9.17, 15) is 4.79 Å². The van der Waals surface area contributed by atoms with Gasteiger partial charge < -0.3 is 19.9 Å². The minimum Gasteiger partial charge on any atom is -0.456 e. The highest BCUT2D eigenvalue weighted by Crippen LogP contribution is 2.28. The van der Waals surface area contributed by atoms with Crippen LogP contribution in [0.15, 0.2) is 42.5 Å². The van der Waals surface area contributed by atoms with Crippen LogP contribution in [0.2, 0.25) is 0 Å². The molecule has 1 fully saturated rings. The molecule has 2 aromatic rings. The van der Waals surface area contributed by atoms with E-state index >= 15 is 0 Å². The van der Waals surface area contributed by atoms with Gasteiger partial charge in [0.2, 0.25) is 0 Å². The van der Waals surface area contributed by atoms with Crippen molar-refractivity contribution in [3.05, 3.63) is 48.0 Å². The maximum Gasteiger partial charge on any atom is 0.320 e. The molecular weight excluding hydrogens is 330 g/mol. The van der Waals surface area contributed by atoms with Gasteiger partial charge in [0, 0.05) is 13.0 Å². The molecule has 0 radical (unpaired) electrons. The van der Waals surface area contributed by atoms with Gasteiger partial charge in [-0.15, -0.1) is 0 Å². The van der Waals surface area contributed by atoms with Crippen molar-refractivity contribution in [3.63, 3.8) is 0 Å². The van der Waals surface area contributed by atoms with Crippen molar-refractivity contribution in [2.75, 3.05) is 20.3 Å². The lowest BCUT2D eigenvalue weighted by molar-refractivity contribution is -0.198. The SMILES string of the molecule is CO[C@@H]1[C@H](OC(=O)CN)[C@H](CCc2ccc3ccccc3c2)OC[C@@H]1C. The molecule has 3 rings (SSSR count). The molecule has 1 aliphatic heterocycles. The lowest BCUT2D eigenvalue weighted by Crippen LogP contribution is -2.52. The fraction of sp³-hybridized carbons (Fsp3) is 0.476. The van der Waals surface area contributed by atoms with Crippen LogP contribution in [-0.4, -0.2) is 44.5 Å². The Bertz CT molecular complexity index is 748. The minimum absolute atomic E-state index is 0.140. The Labute approximate surface area is 154 Å². The number of benzene rings is 2. The van der Waals surface area contributed by atoms with E-state index in [-0.39, 0.29) is 24.7 Å². The summed E-state index contributed by atoms with van der Waals surface area (Å²) in [5, 5.41) is 2.46. The molecule has 140 valence electrons. The molecule has 0 saturated carbocycles. The zero-order chi connectivity index (χ0) is 18.5. The van der Waals surface area contributed by atoms with Crippen LogP contribution < -0.4 is 5.73 Å². The van der Waals surface area contributed by atoms with Gasteiger partial charge in [-0.3, -0.25) is 4.79 Å². The number of hydrogen-bond acceptors (Lipinski definition) is 5. The van der Waals surface area contributed by atoms with Gasteiger partial charge in [0.1, 0.15) is 6.10 Å². The summed E-state index contributed by atoms with van der Waals surface area (Å²) in [6.45, 7) is 2.49. The Morgan fingerprint density at radius 2 is 1.96 bits per heavy atom. The van der Waals surface area contributed by atoms with E-state index in [2.05, 4.69) is 30.3 Å². The number of carbonyl (C=O) groups excluding carboxylic acids is 1. The molecule has 4 atom stereocenters. The molecule has 0 amide bonds. The Morgan fingerprint density at radius 1 is 1.19 bits per heavy atom. The van der Waals surface area contributed by atoms with Crippen LogP contribution in [0.25, 0.3) is 10.8 Å². The lowest BCUT2D eigenvalue weighted by Gasteiger charge is -2.40. The summed E-state index contributed by atoms with van der Waals surface area (Å²) in [6, 6.07) is 14.8. The molecular formula is C21H27NO4. The van der Waals surface area contributed by atoms with Crippen LogP contribution >= 0.6 is 0 Å². The van der Waals surface area contributed by atoms with E-state index < -0.39 is 12.1 Å². The van der Waals surface area contributed by atoms with Gasteiger partial charge in [-0.2, -0.15) is 0 Å². The second-order valence-corrected chi connectivity index (χ2v) is 6.93. The number of rotatable bonds is 6. The molecule has 0 unspecified atom stereocenters. The van der Waals surface area contributed by atoms with Crippen molar-refractivity contribution in [1.82, 2.24) is 0 Å². The molecule has 0 bridgehead atoms. The zero-order valence-electron chi connectivity index (χ0n) is 15.4. The van der Waals surface area contributed by atoms with Crippen molar-refractivity contribution < 1.29 is 19.0 Å². The summed E-state index contributed by atoms with van der Waals surface area (Å²) in [7, 11) is 1.65. The monoisotopic (exact) mass is 357 g/mol. The average molecular weight is 357 g/mol. The van der Waals surface area contributed by atoms with Crippen LogP contribution in [0, 0.1) is 5.92 Å². The molecule has 0 spiro atoms. The fourth-order valence-electron chi connectivity index (χ4n) is 3.66. The second-order valence-electron chi connectivity index (χ2n) is 6.93. The van der Waals surface area contributed by atoms with Gasteiger partial charge in [-0.1, -0.05) is 49.4 Å². The van der Waals surface area contributed by atoms with Crippen LogP contribution in [0.4, 0.5) is 0 Å². The average Bonchev–Trinajstić information content (AvgIpc) is 2.67.